The Morgan fingerprint density at radius 1 is 1.19 bits per heavy atom. The molecule has 4 nitrogen and oxygen atoms in total. The monoisotopic (exact) mass is 383 g/mol. The molecule has 5 heteroatoms. The van der Waals surface area contributed by atoms with E-state index in [-0.39, 0.29) is 5.91 Å². The molecule has 142 valence electrons. The highest BCUT2D eigenvalue weighted by Gasteiger charge is 2.18. The molecule has 1 aromatic heterocycles. The molecule has 0 unspecified atom stereocenters. The minimum absolute atomic E-state index is 0.111. The van der Waals surface area contributed by atoms with Gasteiger partial charge >= 0.3 is 0 Å². The third-order valence-corrected chi connectivity index (χ3v) is 5.67. The number of nitrogens with one attached hydrogen (secondary N) is 1. The van der Waals surface area contributed by atoms with Gasteiger partial charge in [0, 0.05) is 24.0 Å². The molecule has 0 spiro atoms. The van der Waals surface area contributed by atoms with Gasteiger partial charge in [0.1, 0.15) is 0 Å². The van der Waals surface area contributed by atoms with Gasteiger partial charge in [-0.05, 0) is 56.2 Å². The maximum absolute atomic E-state index is 12.8. The van der Waals surface area contributed by atoms with Crippen LogP contribution in [0.15, 0.2) is 24.3 Å². The van der Waals surface area contributed by atoms with Gasteiger partial charge in [0.15, 0.2) is 0 Å². The lowest BCUT2D eigenvalue weighted by molar-refractivity contribution is 0.0945. The maximum Gasteiger partial charge on any atom is 0.253 e. The summed E-state index contributed by atoms with van der Waals surface area (Å²) in [6.45, 7) is 0.718. The zero-order chi connectivity index (χ0) is 19.1. The SMILES string of the molecule is N#CCCCCc1ccc2c(C(=O)NCC3CCCCC3)c(Cl)ccc2n1. The number of fused-ring (bicyclic) bond motifs is 1. The third-order valence-electron chi connectivity index (χ3n) is 5.35. The van der Waals surface area contributed by atoms with Crippen LogP contribution in [0.2, 0.25) is 5.02 Å². The molecule has 0 atom stereocenters. The van der Waals surface area contributed by atoms with Crippen LogP contribution in [0.5, 0.6) is 0 Å². The minimum Gasteiger partial charge on any atom is -0.352 e. The van der Waals surface area contributed by atoms with E-state index in [1.807, 2.05) is 18.2 Å². The molecule has 2 aromatic rings. The fourth-order valence-electron chi connectivity index (χ4n) is 3.82. The number of hydrogen-bond acceptors (Lipinski definition) is 3. The van der Waals surface area contributed by atoms with Crippen LogP contribution in [0.4, 0.5) is 0 Å². The smallest absolute Gasteiger partial charge is 0.253 e. The Morgan fingerprint density at radius 3 is 2.78 bits per heavy atom. The lowest BCUT2D eigenvalue weighted by atomic mass is 9.89. The average molecular weight is 384 g/mol. The van der Waals surface area contributed by atoms with Gasteiger partial charge in [-0.25, -0.2) is 0 Å². The molecule has 1 heterocycles. The first-order chi connectivity index (χ1) is 13.2. The molecule has 0 bridgehead atoms. The van der Waals surface area contributed by atoms with Crippen molar-refractivity contribution in [2.45, 2.75) is 57.8 Å². The van der Waals surface area contributed by atoms with Crippen molar-refractivity contribution >= 4 is 28.4 Å². The lowest BCUT2D eigenvalue weighted by Gasteiger charge is -2.22. The second-order valence-corrected chi connectivity index (χ2v) is 7.78. The highest BCUT2D eigenvalue weighted by atomic mass is 35.5. The van der Waals surface area contributed by atoms with Crippen molar-refractivity contribution < 1.29 is 4.79 Å². The topological polar surface area (TPSA) is 65.8 Å². The summed E-state index contributed by atoms with van der Waals surface area (Å²) < 4.78 is 0. The number of aryl methyl sites for hydroxylation is 1. The van der Waals surface area contributed by atoms with Crippen LogP contribution in [0.1, 0.15) is 67.4 Å². The molecule has 1 saturated carbocycles. The van der Waals surface area contributed by atoms with E-state index < -0.39 is 0 Å². The molecule has 0 aliphatic heterocycles. The van der Waals surface area contributed by atoms with Crippen LogP contribution >= 0.6 is 11.6 Å². The van der Waals surface area contributed by atoms with Gasteiger partial charge in [0.05, 0.1) is 22.2 Å². The highest BCUT2D eigenvalue weighted by molar-refractivity contribution is 6.35. The Hall–Kier alpha value is -2.12. The fraction of sp³-hybridized carbons (Fsp3) is 0.500. The Labute approximate surface area is 165 Å². The lowest BCUT2D eigenvalue weighted by Crippen LogP contribution is -2.30. The number of unbranched alkanes of at least 4 members (excludes halogenated alkanes) is 2. The zero-order valence-electron chi connectivity index (χ0n) is 15.6. The van der Waals surface area contributed by atoms with Gasteiger partial charge in [-0.15, -0.1) is 0 Å². The number of pyridine rings is 1. The van der Waals surface area contributed by atoms with Crippen LogP contribution in [0, 0.1) is 17.2 Å². The van der Waals surface area contributed by atoms with Crippen molar-refractivity contribution in [3.63, 3.8) is 0 Å². The summed E-state index contributed by atoms with van der Waals surface area (Å²) in [7, 11) is 0. The van der Waals surface area contributed by atoms with Crippen molar-refractivity contribution in [2.24, 2.45) is 5.92 Å². The quantitative estimate of drug-likeness (QED) is 0.648. The van der Waals surface area contributed by atoms with E-state index in [1.165, 1.54) is 32.1 Å². The highest BCUT2D eigenvalue weighted by Crippen LogP contribution is 2.27. The molecule has 27 heavy (non-hydrogen) atoms. The number of nitriles is 1. The number of nitrogens with zero attached hydrogens (tertiary/aromatic N) is 2. The summed E-state index contributed by atoms with van der Waals surface area (Å²) in [5, 5.41) is 13.0. The van der Waals surface area contributed by atoms with E-state index >= 15 is 0 Å². The van der Waals surface area contributed by atoms with Crippen molar-refractivity contribution in [3.8, 4) is 6.07 Å². The van der Waals surface area contributed by atoms with Crippen LogP contribution < -0.4 is 5.32 Å². The van der Waals surface area contributed by atoms with Gasteiger partial charge < -0.3 is 5.32 Å². The van der Waals surface area contributed by atoms with Gasteiger partial charge in [-0.1, -0.05) is 36.9 Å². The molecule has 1 aliphatic carbocycles. The molecule has 0 radical (unpaired) electrons. The summed E-state index contributed by atoms with van der Waals surface area (Å²) >= 11 is 6.36. The predicted octanol–water partition coefficient (Wildman–Crippen LogP) is 5.43. The van der Waals surface area contributed by atoms with Crippen molar-refractivity contribution in [1.82, 2.24) is 10.3 Å². The average Bonchev–Trinajstić information content (AvgIpc) is 2.70. The molecule has 1 aliphatic rings. The molecular weight excluding hydrogens is 358 g/mol. The molecular formula is C22H26ClN3O. The number of amides is 1. The van der Waals surface area contributed by atoms with Gasteiger partial charge in [-0.2, -0.15) is 5.26 Å². The Bertz CT molecular complexity index is 837. The van der Waals surface area contributed by atoms with Gasteiger partial charge in [-0.3, -0.25) is 9.78 Å². The Morgan fingerprint density at radius 2 is 2.00 bits per heavy atom. The number of carbonyl (C=O) groups excluding carboxylic acids is 1. The van der Waals surface area contributed by atoms with Crippen LogP contribution in [0.3, 0.4) is 0 Å². The summed E-state index contributed by atoms with van der Waals surface area (Å²) in [5.74, 6) is 0.467. The van der Waals surface area contributed by atoms with E-state index in [0.717, 1.165) is 42.4 Å². The molecule has 1 fully saturated rings. The Balaban J connectivity index is 1.72. The predicted molar refractivity (Wildman–Crippen MR) is 109 cm³/mol. The number of halogens is 1. The normalized spacial score (nSPS) is 14.8. The van der Waals surface area contributed by atoms with E-state index in [0.29, 0.717) is 22.9 Å². The second-order valence-electron chi connectivity index (χ2n) is 7.37. The molecule has 0 saturated heterocycles. The fourth-order valence-corrected chi connectivity index (χ4v) is 4.07. The zero-order valence-corrected chi connectivity index (χ0v) is 16.4. The van der Waals surface area contributed by atoms with Crippen LogP contribution in [-0.4, -0.2) is 17.4 Å². The van der Waals surface area contributed by atoms with Gasteiger partial charge in [0.2, 0.25) is 0 Å². The maximum atomic E-state index is 12.8. The van der Waals surface area contributed by atoms with E-state index in [4.69, 9.17) is 16.9 Å². The number of aromatic nitrogens is 1. The van der Waals surface area contributed by atoms with E-state index in [1.54, 1.807) is 6.07 Å². The summed E-state index contributed by atoms with van der Waals surface area (Å²) in [6, 6.07) is 9.70. The number of benzene rings is 1. The summed E-state index contributed by atoms with van der Waals surface area (Å²) in [6.07, 6.45) is 9.45. The first-order valence-corrected chi connectivity index (χ1v) is 10.3. The molecule has 1 amide bonds. The number of hydrogen-bond donors (Lipinski definition) is 1. The number of carbonyl (C=O) groups is 1. The van der Waals surface area contributed by atoms with Crippen molar-refractivity contribution in [1.29, 1.82) is 5.26 Å². The van der Waals surface area contributed by atoms with Crippen LogP contribution in [0.25, 0.3) is 10.9 Å². The van der Waals surface area contributed by atoms with E-state index in [9.17, 15) is 4.79 Å². The van der Waals surface area contributed by atoms with Crippen molar-refractivity contribution in [3.05, 3.63) is 40.5 Å². The van der Waals surface area contributed by atoms with Crippen molar-refractivity contribution in [2.75, 3.05) is 6.54 Å². The Kier molecular flexibility index (Phi) is 7.06. The molecule has 3 rings (SSSR count). The van der Waals surface area contributed by atoms with E-state index in [2.05, 4.69) is 16.4 Å². The molecule has 1 N–H and O–H groups in total. The summed E-state index contributed by atoms with van der Waals surface area (Å²) in [5.41, 5.74) is 2.30. The first kappa shape index (κ1) is 19.6. The first-order valence-electron chi connectivity index (χ1n) is 9.92. The number of rotatable bonds is 7. The second kappa shape index (κ2) is 9.71. The summed E-state index contributed by atoms with van der Waals surface area (Å²) in [4.78, 5) is 17.5. The largest absolute Gasteiger partial charge is 0.352 e. The third kappa shape index (κ3) is 5.20. The minimum atomic E-state index is -0.111. The van der Waals surface area contributed by atoms with Gasteiger partial charge in [0.25, 0.3) is 5.91 Å². The molecule has 1 aromatic carbocycles. The van der Waals surface area contributed by atoms with Crippen LogP contribution in [-0.2, 0) is 6.42 Å². The standard InChI is InChI=1S/C22H26ClN3O/c23-19-12-13-20-18(11-10-17(26-20)9-5-2-6-14-24)21(19)22(27)25-15-16-7-3-1-4-8-16/h10-13,16H,1-9,15H2,(H,25,27).